The van der Waals surface area contributed by atoms with Gasteiger partial charge in [0.25, 0.3) is 5.91 Å². The van der Waals surface area contributed by atoms with Gasteiger partial charge in [-0.05, 0) is 31.0 Å². The molecule has 1 aromatic carbocycles. The van der Waals surface area contributed by atoms with Crippen LogP contribution < -0.4 is 10.6 Å². The number of benzene rings is 1. The van der Waals surface area contributed by atoms with E-state index in [2.05, 4.69) is 22.2 Å². The lowest BCUT2D eigenvalue weighted by Crippen LogP contribution is -2.37. The molecule has 0 saturated carbocycles. The molecule has 1 aromatic rings. The lowest BCUT2D eigenvalue weighted by molar-refractivity contribution is 0.0827. The topological polar surface area (TPSA) is 56.7 Å². The summed E-state index contributed by atoms with van der Waals surface area (Å²) in [5.41, 5.74) is 1.82. The van der Waals surface area contributed by atoms with Gasteiger partial charge in [0.05, 0.1) is 0 Å². The molecule has 0 unspecified atom stereocenters. The molecular weight excluding hydrogens is 276 g/mol. The van der Waals surface area contributed by atoms with Crippen molar-refractivity contribution in [3.05, 3.63) is 48.0 Å². The van der Waals surface area contributed by atoms with Crippen LogP contribution in [0.1, 0.15) is 22.8 Å². The molecule has 0 bridgehead atoms. The van der Waals surface area contributed by atoms with E-state index >= 15 is 0 Å². The van der Waals surface area contributed by atoms with Crippen LogP contribution in [0, 0.1) is 0 Å². The highest BCUT2D eigenvalue weighted by Crippen LogP contribution is 2.08. The highest BCUT2D eigenvalue weighted by atomic mass is 16.2. The van der Waals surface area contributed by atoms with E-state index in [1.165, 1.54) is 0 Å². The molecule has 120 valence electrons. The van der Waals surface area contributed by atoms with E-state index in [0.717, 1.165) is 24.5 Å². The van der Waals surface area contributed by atoms with Crippen molar-refractivity contribution in [3.63, 3.8) is 0 Å². The van der Waals surface area contributed by atoms with Crippen molar-refractivity contribution in [1.82, 2.24) is 15.5 Å². The van der Waals surface area contributed by atoms with Crippen molar-refractivity contribution in [3.8, 4) is 0 Å². The van der Waals surface area contributed by atoms with Gasteiger partial charge in [0.1, 0.15) is 0 Å². The van der Waals surface area contributed by atoms with Gasteiger partial charge in [0.2, 0.25) is 0 Å². The van der Waals surface area contributed by atoms with Crippen LogP contribution in [0.5, 0.6) is 0 Å². The molecule has 22 heavy (non-hydrogen) atoms. The van der Waals surface area contributed by atoms with E-state index in [1.54, 1.807) is 25.1 Å². The predicted octanol–water partition coefficient (Wildman–Crippen LogP) is 1.67. The van der Waals surface area contributed by atoms with Crippen molar-refractivity contribution in [2.24, 2.45) is 4.99 Å². The summed E-state index contributed by atoms with van der Waals surface area (Å²) in [6.07, 6.45) is 2.59. The van der Waals surface area contributed by atoms with Crippen LogP contribution in [-0.2, 0) is 6.42 Å². The molecule has 0 radical (unpaired) electrons. The Labute approximate surface area is 133 Å². The van der Waals surface area contributed by atoms with Gasteiger partial charge in [-0.3, -0.25) is 9.79 Å². The smallest absolute Gasteiger partial charge is 0.253 e. The maximum absolute atomic E-state index is 12.0. The van der Waals surface area contributed by atoms with Gasteiger partial charge in [-0.2, -0.15) is 0 Å². The minimum atomic E-state index is 0.0198. The number of nitrogens with one attached hydrogen (secondary N) is 2. The average Bonchev–Trinajstić information content (AvgIpc) is 2.52. The fraction of sp³-hybridized carbons (Fsp3) is 0.412. The van der Waals surface area contributed by atoms with E-state index in [0.29, 0.717) is 18.7 Å². The zero-order chi connectivity index (χ0) is 16.4. The van der Waals surface area contributed by atoms with Gasteiger partial charge >= 0.3 is 0 Å². The molecule has 5 heteroatoms. The third kappa shape index (κ3) is 5.99. The Hall–Kier alpha value is -2.30. The Kier molecular flexibility index (Phi) is 7.75. The zero-order valence-corrected chi connectivity index (χ0v) is 13.7. The van der Waals surface area contributed by atoms with Crippen LogP contribution in [0.25, 0.3) is 0 Å². The van der Waals surface area contributed by atoms with Crippen LogP contribution in [0.15, 0.2) is 41.9 Å². The van der Waals surface area contributed by atoms with E-state index in [9.17, 15) is 4.79 Å². The Bertz CT molecular complexity index is 523. The molecular formula is C17H26N4O. The zero-order valence-electron chi connectivity index (χ0n) is 13.7. The van der Waals surface area contributed by atoms with Gasteiger partial charge in [0, 0.05) is 39.3 Å². The number of amides is 1. The van der Waals surface area contributed by atoms with Gasteiger partial charge in [-0.1, -0.05) is 18.2 Å². The maximum atomic E-state index is 12.0. The number of hydrogen-bond acceptors (Lipinski definition) is 2. The summed E-state index contributed by atoms with van der Waals surface area (Å²) >= 11 is 0. The van der Waals surface area contributed by atoms with Crippen LogP contribution in [-0.4, -0.2) is 50.5 Å². The molecule has 0 saturated heterocycles. The minimum absolute atomic E-state index is 0.0198. The first-order valence-electron chi connectivity index (χ1n) is 7.52. The highest BCUT2D eigenvalue weighted by Gasteiger charge is 2.07. The molecule has 5 nitrogen and oxygen atoms in total. The van der Waals surface area contributed by atoms with Gasteiger partial charge in [-0.15, -0.1) is 6.58 Å². The maximum Gasteiger partial charge on any atom is 0.253 e. The highest BCUT2D eigenvalue weighted by molar-refractivity contribution is 5.94. The number of carbonyl (C=O) groups is 1. The van der Waals surface area contributed by atoms with Gasteiger partial charge in [0.15, 0.2) is 5.96 Å². The molecule has 0 aromatic heterocycles. The van der Waals surface area contributed by atoms with Gasteiger partial charge in [-0.25, -0.2) is 0 Å². The summed E-state index contributed by atoms with van der Waals surface area (Å²) < 4.78 is 0. The lowest BCUT2D eigenvalue weighted by atomic mass is 10.1. The molecule has 0 heterocycles. The molecule has 0 fully saturated rings. The standard InChI is InChI=1S/C17H26N4O/c1-5-11-19-17(18-6-2)20-12-10-14-8-7-9-15(13-14)16(22)21(3)4/h5,7-9,13H,1,6,10-12H2,2-4H3,(H2,18,19,20). The van der Waals surface area contributed by atoms with Crippen molar-refractivity contribution in [2.45, 2.75) is 13.3 Å². The molecule has 0 aliphatic heterocycles. The van der Waals surface area contributed by atoms with E-state index in [4.69, 9.17) is 0 Å². The summed E-state index contributed by atoms with van der Waals surface area (Å²) in [6, 6.07) is 7.70. The van der Waals surface area contributed by atoms with Crippen LogP contribution in [0.2, 0.25) is 0 Å². The second-order valence-corrected chi connectivity index (χ2v) is 5.08. The van der Waals surface area contributed by atoms with E-state index in [-0.39, 0.29) is 5.91 Å². The molecule has 0 aliphatic carbocycles. The largest absolute Gasteiger partial charge is 0.357 e. The molecule has 0 aliphatic rings. The normalized spacial score (nSPS) is 11.0. The fourth-order valence-corrected chi connectivity index (χ4v) is 1.93. The number of guanidine groups is 1. The quantitative estimate of drug-likeness (QED) is 0.458. The lowest BCUT2D eigenvalue weighted by Gasteiger charge is -2.11. The first kappa shape index (κ1) is 17.8. The van der Waals surface area contributed by atoms with Crippen molar-refractivity contribution in [2.75, 3.05) is 33.7 Å². The van der Waals surface area contributed by atoms with E-state index in [1.807, 2.05) is 31.2 Å². The number of carbonyl (C=O) groups excluding carboxylic acids is 1. The summed E-state index contributed by atoms with van der Waals surface area (Å²) in [6.45, 7) is 7.86. The Morgan fingerprint density at radius 3 is 2.77 bits per heavy atom. The molecule has 0 spiro atoms. The second-order valence-electron chi connectivity index (χ2n) is 5.08. The SMILES string of the molecule is C=CCNC(=NCCc1cccc(C(=O)N(C)C)c1)NCC. The summed E-state index contributed by atoms with van der Waals surface area (Å²) in [5.74, 6) is 0.800. The number of aliphatic imine (C=N–C) groups is 1. The number of hydrogen-bond donors (Lipinski definition) is 2. The minimum Gasteiger partial charge on any atom is -0.357 e. The fourth-order valence-electron chi connectivity index (χ4n) is 1.93. The average molecular weight is 302 g/mol. The Balaban J connectivity index is 2.64. The third-order valence-electron chi connectivity index (χ3n) is 3.01. The van der Waals surface area contributed by atoms with Crippen LogP contribution in [0.3, 0.4) is 0 Å². The Morgan fingerprint density at radius 2 is 2.14 bits per heavy atom. The Morgan fingerprint density at radius 1 is 1.36 bits per heavy atom. The second kappa shape index (κ2) is 9.60. The van der Waals surface area contributed by atoms with Crippen molar-refractivity contribution >= 4 is 11.9 Å². The van der Waals surface area contributed by atoms with Crippen LogP contribution in [0.4, 0.5) is 0 Å². The predicted molar refractivity (Wildman–Crippen MR) is 92.3 cm³/mol. The summed E-state index contributed by atoms with van der Waals surface area (Å²) in [7, 11) is 3.51. The monoisotopic (exact) mass is 302 g/mol. The van der Waals surface area contributed by atoms with E-state index < -0.39 is 0 Å². The number of nitrogens with zero attached hydrogens (tertiary/aromatic N) is 2. The molecule has 1 amide bonds. The summed E-state index contributed by atoms with van der Waals surface area (Å²) in [4.78, 5) is 18.0. The molecule has 0 atom stereocenters. The summed E-state index contributed by atoms with van der Waals surface area (Å²) in [5, 5.41) is 6.34. The van der Waals surface area contributed by atoms with Crippen molar-refractivity contribution < 1.29 is 4.79 Å². The molecule has 2 N–H and O–H groups in total. The van der Waals surface area contributed by atoms with Crippen LogP contribution >= 0.6 is 0 Å². The molecule has 1 rings (SSSR count). The van der Waals surface area contributed by atoms with Gasteiger partial charge < -0.3 is 15.5 Å². The third-order valence-corrected chi connectivity index (χ3v) is 3.01. The first-order valence-corrected chi connectivity index (χ1v) is 7.52. The first-order chi connectivity index (χ1) is 10.6. The van der Waals surface area contributed by atoms with Crippen molar-refractivity contribution in [1.29, 1.82) is 0 Å². The number of rotatable bonds is 7.